The highest BCUT2D eigenvalue weighted by Gasteiger charge is 1.99. The van der Waals surface area contributed by atoms with Crippen LogP contribution in [0.2, 0.25) is 5.02 Å². The van der Waals surface area contributed by atoms with E-state index in [9.17, 15) is 0 Å². The lowest BCUT2D eigenvalue weighted by molar-refractivity contribution is 1.21. The van der Waals surface area contributed by atoms with Gasteiger partial charge < -0.3 is 5.32 Å². The summed E-state index contributed by atoms with van der Waals surface area (Å²) in [5, 5.41) is 3.93. The zero-order valence-corrected chi connectivity index (χ0v) is 10.7. The molecule has 1 nitrogen and oxygen atoms in total. The van der Waals surface area contributed by atoms with E-state index < -0.39 is 0 Å². The van der Waals surface area contributed by atoms with Gasteiger partial charge in [0.05, 0.1) is 5.69 Å². The molecule has 1 aromatic carbocycles. The number of hydrogen-bond donors (Lipinski definition) is 1. The van der Waals surface area contributed by atoms with Gasteiger partial charge in [-0.15, -0.1) is 0 Å². The topological polar surface area (TPSA) is 12.0 Å². The molecule has 0 heterocycles. The van der Waals surface area contributed by atoms with E-state index in [1.165, 1.54) is 0 Å². The third kappa shape index (κ3) is 3.52. The second kappa shape index (κ2) is 5.64. The molecule has 0 aromatic heterocycles. The van der Waals surface area contributed by atoms with Crippen molar-refractivity contribution in [2.75, 3.05) is 11.9 Å². The minimum atomic E-state index is 0.711. The van der Waals surface area contributed by atoms with E-state index in [-0.39, 0.29) is 0 Å². The quantitative estimate of drug-likeness (QED) is 0.855. The number of rotatable bonds is 3. The summed E-state index contributed by atoms with van der Waals surface area (Å²) in [5.74, 6) is 0. The van der Waals surface area contributed by atoms with Crippen LogP contribution in [0.1, 0.15) is 6.92 Å². The predicted molar refractivity (Wildman–Crippen MR) is 67.3 cm³/mol. The predicted octanol–water partition coefficient (Wildman–Crippen LogP) is 4.66. The number of benzene rings is 1. The third-order valence-corrected chi connectivity index (χ3v) is 2.97. The maximum absolute atomic E-state index is 5.86. The summed E-state index contributed by atoms with van der Waals surface area (Å²) in [5.41, 5.74) is 3.60. The molecule has 0 saturated carbocycles. The highest BCUT2D eigenvalue weighted by Crippen LogP contribution is 2.25. The monoisotopic (exact) mass is 293 g/mol. The Morgan fingerprint density at radius 1 is 1.57 bits per heavy atom. The fraction of sp³-hybridized carbons (Fsp3) is 0.200. The van der Waals surface area contributed by atoms with Gasteiger partial charge >= 0.3 is 0 Å². The van der Waals surface area contributed by atoms with Crippen molar-refractivity contribution >= 4 is 44.8 Å². The lowest BCUT2D eigenvalue weighted by Crippen LogP contribution is -2.02. The van der Waals surface area contributed by atoms with Crippen LogP contribution in [-0.4, -0.2) is 6.54 Å². The van der Waals surface area contributed by atoms with E-state index in [1.807, 2.05) is 25.1 Å². The number of halogens is 3. The second-order valence-electron chi connectivity index (χ2n) is 2.93. The highest BCUT2D eigenvalue weighted by molar-refractivity contribution is 9.10. The molecule has 0 fully saturated rings. The van der Waals surface area contributed by atoms with Gasteiger partial charge in [0.2, 0.25) is 0 Å². The molecular weight excluding hydrogens is 285 g/mol. The zero-order valence-electron chi connectivity index (χ0n) is 7.65. The lowest BCUT2D eigenvalue weighted by Gasteiger charge is -2.08. The molecule has 1 N–H and O–H groups in total. The molecule has 14 heavy (non-hydrogen) atoms. The van der Waals surface area contributed by atoms with E-state index in [2.05, 4.69) is 21.2 Å². The lowest BCUT2D eigenvalue weighted by atomic mass is 10.3. The summed E-state index contributed by atoms with van der Waals surface area (Å²) in [6.45, 7) is 2.67. The van der Waals surface area contributed by atoms with Crippen LogP contribution in [0.25, 0.3) is 0 Å². The Bertz CT molecular complexity index is 350. The normalized spacial score (nSPS) is 11.6. The summed E-state index contributed by atoms with van der Waals surface area (Å²) in [6.07, 6.45) is 0. The van der Waals surface area contributed by atoms with Crippen LogP contribution in [0.15, 0.2) is 33.8 Å². The summed E-state index contributed by atoms with van der Waals surface area (Å²) in [7, 11) is 0. The molecular formula is C10H10BrCl2N. The SMILES string of the molecule is C/C(=C/Cl)CNc1cc(Cl)ccc1Br. The van der Waals surface area contributed by atoms with Gasteiger partial charge in [0.15, 0.2) is 0 Å². The van der Waals surface area contributed by atoms with Gasteiger partial charge in [-0.25, -0.2) is 0 Å². The molecule has 0 saturated heterocycles. The molecule has 0 atom stereocenters. The average molecular weight is 295 g/mol. The van der Waals surface area contributed by atoms with Gasteiger partial charge in [0.1, 0.15) is 0 Å². The Hall–Kier alpha value is -0.180. The molecule has 4 heteroatoms. The Morgan fingerprint density at radius 2 is 2.29 bits per heavy atom. The molecule has 0 spiro atoms. The molecule has 0 aliphatic carbocycles. The molecule has 0 radical (unpaired) electrons. The molecule has 0 amide bonds. The molecule has 1 rings (SSSR count). The van der Waals surface area contributed by atoms with Gasteiger partial charge in [-0.3, -0.25) is 0 Å². The number of hydrogen-bond acceptors (Lipinski definition) is 1. The molecule has 0 aliphatic rings. The molecule has 76 valence electrons. The first kappa shape index (κ1) is 11.9. The summed E-state index contributed by atoms with van der Waals surface area (Å²) < 4.78 is 0.990. The molecule has 0 bridgehead atoms. The van der Waals surface area contributed by atoms with E-state index >= 15 is 0 Å². The van der Waals surface area contributed by atoms with Crippen LogP contribution in [0.4, 0.5) is 5.69 Å². The number of anilines is 1. The fourth-order valence-corrected chi connectivity index (χ4v) is 1.54. The molecule has 0 unspecified atom stereocenters. The van der Waals surface area contributed by atoms with E-state index in [1.54, 1.807) is 5.54 Å². The maximum Gasteiger partial charge on any atom is 0.0502 e. The van der Waals surface area contributed by atoms with Crippen molar-refractivity contribution in [2.24, 2.45) is 0 Å². The van der Waals surface area contributed by atoms with Crippen LogP contribution < -0.4 is 5.32 Å². The van der Waals surface area contributed by atoms with Crippen LogP contribution in [0.3, 0.4) is 0 Å². The van der Waals surface area contributed by atoms with Gasteiger partial charge in [0.25, 0.3) is 0 Å². The van der Waals surface area contributed by atoms with Crippen LogP contribution >= 0.6 is 39.1 Å². The first-order chi connectivity index (χ1) is 6.63. The Kier molecular flexibility index (Phi) is 4.79. The van der Waals surface area contributed by atoms with Gasteiger partial charge in [-0.2, -0.15) is 0 Å². The van der Waals surface area contributed by atoms with Crippen LogP contribution in [-0.2, 0) is 0 Å². The summed E-state index contributed by atoms with van der Waals surface area (Å²) in [4.78, 5) is 0. The standard InChI is InChI=1S/C10H10BrCl2N/c1-7(5-12)6-14-10-4-8(13)2-3-9(10)11/h2-5,14H,6H2,1H3/b7-5-. The molecule has 1 aromatic rings. The Balaban J connectivity index is 2.71. The van der Waals surface area contributed by atoms with Crippen molar-refractivity contribution in [1.29, 1.82) is 0 Å². The second-order valence-corrected chi connectivity index (χ2v) is 4.44. The summed E-state index contributed by atoms with van der Waals surface area (Å²) in [6, 6.07) is 5.61. The zero-order chi connectivity index (χ0) is 10.6. The van der Waals surface area contributed by atoms with Crippen LogP contribution in [0, 0.1) is 0 Å². The largest absolute Gasteiger partial charge is 0.380 e. The van der Waals surface area contributed by atoms with Crippen molar-refractivity contribution in [1.82, 2.24) is 0 Å². The van der Waals surface area contributed by atoms with Gasteiger partial charge in [-0.05, 0) is 46.6 Å². The van der Waals surface area contributed by atoms with Gasteiger partial charge in [0, 0.05) is 21.6 Å². The third-order valence-electron chi connectivity index (χ3n) is 1.67. The average Bonchev–Trinajstić information content (AvgIpc) is 2.19. The van der Waals surface area contributed by atoms with E-state index in [0.717, 1.165) is 15.7 Å². The Labute approximate surface area is 102 Å². The Morgan fingerprint density at radius 3 is 2.93 bits per heavy atom. The van der Waals surface area contributed by atoms with Gasteiger partial charge in [-0.1, -0.05) is 23.2 Å². The van der Waals surface area contributed by atoms with Crippen molar-refractivity contribution in [3.05, 3.63) is 38.8 Å². The van der Waals surface area contributed by atoms with Crippen molar-refractivity contribution in [3.8, 4) is 0 Å². The fourth-order valence-electron chi connectivity index (χ4n) is 0.906. The molecule has 0 aliphatic heterocycles. The summed E-state index contributed by atoms with van der Waals surface area (Å²) >= 11 is 14.8. The minimum Gasteiger partial charge on any atom is -0.380 e. The van der Waals surface area contributed by atoms with Crippen molar-refractivity contribution in [3.63, 3.8) is 0 Å². The first-order valence-electron chi connectivity index (χ1n) is 4.08. The van der Waals surface area contributed by atoms with Crippen molar-refractivity contribution < 1.29 is 0 Å². The van der Waals surface area contributed by atoms with Crippen molar-refractivity contribution in [2.45, 2.75) is 6.92 Å². The highest BCUT2D eigenvalue weighted by atomic mass is 79.9. The minimum absolute atomic E-state index is 0.711. The maximum atomic E-state index is 5.86. The van der Waals surface area contributed by atoms with E-state index in [4.69, 9.17) is 23.2 Å². The smallest absolute Gasteiger partial charge is 0.0502 e. The number of nitrogens with one attached hydrogen (secondary N) is 1. The van der Waals surface area contributed by atoms with Crippen LogP contribution in [0.5, 0.6) is 0 Å². The van der Waals surface area contributed by atoms with E-state index in [0.29, 0.717) is 11.6 Å². The first-order valence-corrected chi connectivity index (χ1v) is 5.69.